The Labute approximate surface area is 153 Å². The molecule has 0 spiro atoms. The van der Waals surface area contributed by atoms with E-state index in [1.165, 1.54) is 12.1 Å². The van der Waals surface area contributed by atoms with Crippen molar-refractivity contribution in [1.29, 1.82) is 0 Å². The second-order valence-electron chi connectivity index (χ2n) is 6.07. The Bertz CT molecular complexity index is 939. The van der Waals surface area contributed by atoms with Crippen LogP contribution in [0.5, 0.6) is 0 Å². The average molecular weight is 378 g/mol. The molecule has 0 radical (unpaired) electrons. The number of aromatic nitrogens is 2. The van der Waals surface area contributed by atoms with Gasteiger partial charge in [0, 0.05) is 18.6 Å². The highest BCUT2D eigenvalue weighted by Crippen LogP contribution is 2.27. The van der Waals surface area contributed by atoms with Gasteiger partial charge in [0.2, 0.25) is 5.82 Å². The number of hydrogen-bond donors (Lipinski definition) is 1. The van der Waals surface area contributed by atoms with Crippen LogP contribution in [0, 0.1) is 5.82 Å². The summed E-state index contributed by atoms with van der Waals surface area (Å²) in [7, 11) is 0. The van der Waals surface area contributed by atoms with Crippen LogP contribution in [0.4, 0.5) is 4.39 Å². The van der Waals surface area contributed by atoms with Crippen molar-refractivity contribution in [2.24, 2.45) is 0 Å². The van der Waals surface area contributed by atoms with Gasteiger partial charge in [0.05, 0.1) is 18.9 Å². The summed E-state index contributed by atoms with van der Waals surface area (Å²) in [5.41, 5.74) is -2.31. The molecule has 0 bridgehead atoms. The van der Waals surface area contributed by atoms with Gasteiger partial charge in [-0.2, -0.15) is 8.96 Å². The van der Waals surface area contributed by atoms with Crippen LogP contribution in [0.15, 0.2) is 46.1 Å². The lowest BCUT2D eigenvalue weighted by atomic mass is 10.2. The molecule has 2 aromatic rings. The number of aliphatic hydroxyl groups is 1. The average Bonchev–Trinajstić information content (AvgIpc) is 3.04. The van der Waals surface area contributed by atoms with Crippen molar-refractivity contribution in [2.75, 3.05) is 13.2 Å². The van der Waals surface area contributed by atoms with Crippen LogP contribution < -0.4 is 11.2 Å². The minimum atomic E-state index is -1.34. The van der Waals surface area contributed by atoms with Gasteiger partial charge in [-0.1, -0.05) is 18.2 Å². The summed E-state index contributed by atoms with van der Waals surface area (Å²) in [5, 5.41) is 10.1. The third-order valence-electron chi connectivity index (χ3n) is 4.30. The highest BCUT2D eigenvalue weighted by atomic mass is 19.1. The molecule has 0 saturated carbocycles. The fourth-order valence-corrected chi connectivity index (χ4v) is 2.91. The topological polar surface area (TPSA) is 99.8 Å². The zero-order chi connectivity index (χ0) is 19.6. The van der Waals surface area contributed by atoms with Crippen molar-refractivity contribution < 1.29 is 23.8 Å². The van der Waals surface area contributed by atoms with Gasteiger partial charge in [0.15, 0.2) is 0 Å². The molecule has 1 aromatic heterocycles. The number of halogens is 1. The van der Waals surface area contributed by atoms with Gasteiger partial charge in [0.1, 0.15) is 12.3 Å². The van der Waals surface area contributed by atoms with Crippen LogP contribution in [0.25, 0.3) is 0 Å². The van der Waals surface area contributed by atoms with E-state index in [0.717, 1.165) is 4.57 Å². The van der Waals surface area contributed by atoms with Gasteiger partial charge in [-0.15, -0.1) is 0 Å². The van der Waals surface area contributed by atoms with Gasteiger partial charge >= 0.3 is 5.69 Å². The van der Waals surface area contributed by atoms with Gasteiger partial charge in [-0.3, -0.25) is 14.2 Å². The first-order valence-corrected chi connectivity index (χ1v) is 8.48. The molecule has 3 atom stereocenters. The van der Waals surface area contributed by atoms with E-state index in [1.54, 1.807) is 25.1 Å². The summed E-state index contributed by atoms with van der Waals surface area (Å²) in [6, 6.07) is 7.61. The summed E-state index contributed by atoms with van der Waals surface area (Å²) in [6.45, 7) is 2.31. The Morgan fingerprint density at radius 3 is 2.70 bits per heavy atom. The zero-order valence-corrected chi connectivity index (χ0v) is 14.6. The van der Waals surface area contributed by atoms with Crippen molar-refractivity contribution >= 4 is 5.91 Å². The van der Waals surface area contributed by atoms with Crippen LogP contribution in [-0.4, -0.2) is 45.6 Å². The molecule has 1 N–H and O–H groups in total. The number of carbonyl (C=O) groups is 1. The van der Waals surface area contributed by atoms with E-state index < -0.39 is 41.4 Å². The van der Waals surface area contributed by atoms with Crippen molar-refractivity contribution in [3.8, 4) is 0 Å². The number of carbonyl (C=O) groups excluding carboxylic acids is 1. The summed E-state index contributed by atoms with van der Waals surface area (Å²) in [6.07, 6.45) is -1.96. The minimum Gasteiger partial charge on any atom is -0.390 e. The molecular weight excluding hydrogens is 359 g/mol. The summed E-state index contributed by atoms with van der Waals surface area (Å²) < 4.78 is 26.0. The summed E-state index contributed by atoms with van der Waals surface area (Å²) in [4.78, 5) is 37.4. The fraction of sp³-hybridized carbons (Fsp3) is 0.389. The van der Waals surface area contributed by atoms with Gasteiger partial charge < -0.3 is 14.6 Å². The maximum atomic E-state index is 14.2. The lowest BCUT2D eigenvalue weighted by Crippen LogP contribution is -2.46. The number of rotatable bonds is 5. The van der Waals surface area contributed by atoms with Crippen molar-refractivity contribution in [3.63, 3.8) is 0 Å². The first kappa shape index (κ1) is 19.2. The quantitative estimate of drug-likeness (QED) is 0.814. The minimum absolute atomic E-state index is 0.00514. The Kier molecular flexibility index (Phi) is 5.64. The van der Waals surface area contributed by atoms with E-state index in [0.29, 0.717) is 12.8 Å². The van der Waals surface area contributed by atoms with E-state index in [2.05, 4.69) is 0 Å². The molecule has 27 heavy (non-hydrogen) atoms. The lowest BCUT2D eigenvalue weighted by molar-refractivity contribution is -0.0621. The fourth-order valence-electron chi connectivity index (χ4n) is 2.91. The highest BCUT2D eigenvalue weighted by molar-refractivity contribution is 5.95. The highest BCUT2D eigenvalue weighted by Gasteiger charge is 2.36. The summed E-state index contributed by atoms with van der Waals surface area (Å²) in [5.74, 6) is -2.21. The molecule has 8 nitrogen and oxygen atoms in total. The Morgan fingerprint density at radius 2 is 2.04 bits per heavy atom. The van der Waals surface area contributed by atoms with E-state index in [9.17, 15) is 23.9 Å². The molecule has 1 aliphatic rings. The van der Waals surface area contributed by atoms with Crippen LogP contribution >= 0.6 is 0 Å². The SMILES string of the molecule is CCOC[C@@H]1O[C@H](n2cc(F)c(=O)n(C(=O)c3ccccc3)c2=O)CC1O. The lowest BCUT2D eigenvalue weighted by Gasteiger charge is -2.17. The molecule has 1 unspecified atom stereocenters. The largest absolute Gasteiger partial charge is 0.390 e. The van der Waals surface area contributed by atoms with Gasteiger partial charge in [-0.25, -0.2) is 4.79 Å². The molecule has 9 heteroatoms. The molecule has 2 heterocycles. The first-order valence-electron chi connectivity index (χ1n) is 8.48. The molecule has 0 amide bonds. The standard InChI is InChI=1S/C18H19FN2O6/c1-2-26-10-14-13(22)8-15(27-14)20-9-12(19)17(24)21(18(20)25)16(23)11-6-4-3-5-7-11/h3-7,9,13-15,22H,2,8,10H2,1H3/t13?,14-,15-/m0/s1. The molecule has 3 rings (SSSR count). The van der Waals surface area contributed by atoms with E-state index in [1.807, 2.05) is 0 Å². The molecule has 144 valence electrons. The van der Waals surface area contributed by atoms with E-state index in [4.69, 9.17) is 9.47 Å². The predicted molar refractivity (Wildman–Crippen MR) is 92.1 cm³/mol. The number of benzene rings is 1. The molecule has 1 aromatic carbocycles. The Morgan fingerprint density at radius 1 is 1.33 bits per heavy atom. The third kappa shape index (κ3) is 3.75. The normalized spacial score (nSPS) is 22.1. The van der Waals surface area contributed by atoms with Crippen molar-refractivity contribution in [2.45, 2.75) is 31.8 Å². The molecular formula is C18H19FN2O6. The maximum Gasteiger partial charge on any atom is 0.340 e. The van der Waals surface area contributed by atoms with Gasteiger partial charge in [0.25, 0.3) is 11.5 Å². The van der Waals surface area contributed by atoms with E-state index >= 15 is 0 Å². The first-order chi connectivity index (χ1) is 12.9. The van der Waals surface area contributed by atoms with Crippen molar-refractivity contribution in [3.05, 3.63) is 68.7 Å². The Hall–Kier alpha value is -2.62. The molecule has 1 aliphatic heterocycles. The maximum absolute atomic E-state index is 14.2. The molecule has 1 fully saturated rings. The van der Waals surface area contributed by atoms with Crippen LogP contribution in [0.1, 0.15) is 29.9 Å². The summed E-state index contributed by atoms with van der Waals surface area (Å²) >= 11 is 0. The smallest absolute Gasteiger partial charge is 0.340 e. The second kappa shape index (κ2) is 7.95. The number of hydrogen-bond acceptors (Lipinski definition) is 6. The van der Waals surface area contributed by atoms with Crippen LogP contribution in [0.2, 0.25) is 0 Å². The van der Waals surface area contributed by atoms with E-state index in [-0.39, 0.29) is 23.2 Å². The van der Waals surface area contributed by atoms with Gasteiger partial charge in [-0.05, 0) is 19.1 Å². The predicted octanol–water partition coefficient (Wildman–Crippen LogP) is 0.522. The van der Waals surface area contributed by atoms with Crippen LogP contribution in [-0.2, 0) is 9.47 Å². The zero-order valence-electron chi connectivity index (χ0n) is 14.6. The third-order valence-corrected chi connectivity index (χ3v) is 4.30. The number of aliphatic hydroxyl groups excluding tert-OH is 1. The monoisotopic (exact) mass is 378 g/mol. The Balaban J connectivity index is 1.99. The number of ether oxygens (including phenoxy) is 2. The van der Waals surface area contributed by atoms with Crippen LogP contribution in [0.3, 0.4) is 0 Å². The molecule has 1 saturated heterocycles. The van der Waals surface area contributed by atoms with Crippen molar-refractivity contribution in [1.82, 2.24) is 9.13 Å². The number of nitrogens with zero attached hydrogens (tertiary/aromatic N) is 2. The second-order valence-corrected chi connectivity index (χ2v) is 6.07. The molecule has 0 aliphatic carbocycles.